The van der Waals surface area contributed by atoms with E-state index in [9.17, 15) is 0 Å². The number of morpholine rings is 1. The van der Waals surface area contributed by atoms with Crippen molar-refractivity contribution < 1.29 is 9.15 Å². The van der Waals surface area contributed by atoms with Crippen LogP contribution in [0, 0.1) is 0 Å². The first-order valence-corrected chi connectivity index (χ1v) is 7.15. The van der Waals surface area contributed by atoms with Crippen LogP contribution in [-0.2, 0) is 17.8 Å². The van der Waals surface area contributed by atoms with Crippen molar-refractivity contribution in [2.45, 2.75) is 52.5 Å². The molecule has 1 fully saturated rings. The van der Waals surface area contributed by atoms with E-state index in [-0.39, 0.29) is 11.7 Å². The van der Waals surface area contributed by atoms with E-state index in [0.29, 0.717) is 0 Å². The minimum absolute atomic E-state index is 0.0726. The van der Waals surface area contributed by atoms with Gasteiger partial charge in [-0.2, -0.15) is 0 Å². The first-order valence-electron chi connectivity index (χ1n) is 7.15. The molecular weight excluding hydrogens is 240 g/mol. The van der Waals surface area contributed by atoms with Crippen LogP contribution >= 0.6 is 0 Å². The summed E-state index contributed by atoms with van der Waals surface area (Å²) < 4.78 is 11.6. The molecule has 1 N–H and O–H groups in total. The molecule has 1 saturated heterocycles. The molecule has 19 heavy (non-hydrogen) atoms. The molecule has 108 valence electrons. The summed E-state index contributed by atoms with van der Waals surface area (Å²) in [4.78, 5) is 2.41. The number of hydrogen-bond acceptors (Lipinski definition) is 4. The van der Waals surface area contributed by atoms with Crippen molar-refractivity contribution in [1.29, 1.82) is 0 Å². The molecule has 0 aliphatic carbocycles. The summed E-state index contributed by atoms with van der Waals surface area (Å²) in [5.41, 5.74) is 1.15. The highest BCUT2D eigenvalue weighted by molar-refractivity contribution is 5.12. The van der Waals surface area contributed by atoms with Crippen LogP contribution in [0.4, 0.5) is 0 Å². The van der Waals surface area contributed by atoms with E-state index in [4.69, 9.17) is 9.15 Å². The second-order valence-corrected chi connectivity index (χ2v) is 6.06. The van der Waals surface area contributed by atoms with E-state index in [1.807, 2.05) is 6.26 Å². The van der Waals surface area contributed by atoms with Crippen molar-refractivity contribution in [2.75, 3.05) is 19.6 Å². The van der Waals surface area contributed by atoms with Gasteiger partial charge in [-0.05, 0) is 33.4 Å². The Balaban J connectivity index is 1.91. The van der Waals surface area contributed by atoms with Gasteiger partial charge in [0.2, 0.25) is 0 Å². The Hall–Kier alpha value is -0.840. The summed E-state index contributed by atoms with van der Waals surface area (Å²) in [6, 6.07) is 2.15. The maximum absolute atomic E-state index is 5.92. The molecule has 1 aromatic rings. The second-order valence-electron chi connectivity index (χ2n) is 6.06. The first kappa shape index (κ1) is 14.6. The van der Waals surface area contributed by atoms with Crippen LogP contribution in [0.2, 0.25) is 0 Å². The van der Waals surface area contributed by atoms with Gasteiger partial charge in [-0.1, -0.05) is 6.92 Å². The highest BCUT2D eigenvalue weighted by Crippen LogP contribution is 2.22. The van der Waals surface area contributed by atoms with Crippen LogP contribution in [0.15, 0.2) is 16.7 Å². The molecule has 2 rings (SSSR count). The van der Waals surface area contributed by atoms with Crippen molar-refractivity contribution in [3.63, 3.8) is 0 Å². The summed E-state index contributed by atoms with van der Waals surface area (Å²) in [6.07, 6.45) is 2.13. The average molecular weight is 266 g/mol. The lowest BCUT2D eigenvalue weighted by Crippen LogP contribution is -2.51. The quantitative estimate of drug-likeness (QED) is 0.888. The molecule has 4 nitrogen and oxygen atoms in total. The summed E-state index contributed by atoms with van der Waals surface area (Å²) in [7, 11) is 0. The fourth-order valence-corrected chi connectivity index (χ4v) is 2.80. The van der Waals surface area contributed by atoms with Gasteiger partial charge < -0.3 is 14.5 Å². The molecule has 1 unspecified atom stereocenters. The Bertz CT molecular complexity index is 401. The van der Waals surface area contributed by atoms with E-state index >= 15 is 0 Å². The Morgan fingerprint density at radius 3 is 2.95 bits per heavy atom. The maximum Gasteiger partial charge on any atom is 0.118 e. The number of rotatable bonds is 5. The van der Waals surface area contributed by atoms with E-state index in [1.54, 1.807) is 0 Å². The lowest BCUT2D eigenvalue weighted by Gasteiger charge is -2.41. The predicted octanol–water partition coefficient (Wildman–Crippen LogP) is 2.39. The predicted molar refractivity (Wildman–Crippen MR) is 76.0 cm³/mol. The third kappa shape index (κ3) is 4.34. The largest absolute Gasteiger partial charge is 0.468 e. The Kier molecular flexibility index (Phi) is 4.66. The number of ether oxygens (including phenoxy) is 1. The van der Waals surface area contributed by atoms with Crippen LogP contribution < -0.4 is 5.32 Å². The van der Waals surface area contributed by atoms with Crippen LogP contribution in [0.5, 0.6) is 0 Å². The lowest BCUT2D eigenvalue weighted by atomic mass is 10.1. The van der Waals surface area contributed by atoms with Crippen molar-refractivity contribution in [3.8, 4) is 0 Å². The van der Waals surface area contributed by atoms with Gasteiger partial charge >= 0.3 is 0 Å². The van der Waals surface area contributed by atoms with Gasteiger partial charge in [0, 0.05) is 25.2 Å². The Labute approximate surface area is 116 Å². The zero-order valence-electron chi connectivity index (χ0n) is 12.5. The highest BCUT2D eigenvalue weighted by atomic mass is 16.5. The molecule has 0 amide bonds. The highest BCUT2D eigenvalue weighted by Gasteiger charge is 2.31. The molecule has 1 aliphatic heterocycles. The van der Waals surface area contributed by atoms with Gasteiger partial charge in [0.1, 0.15) is 5.76 Å². The van der Waals surface area contributed by atoms with Crippen molar-refractivity contribution in [2.24, 2.45) is 0 Å². The topological polar surface area (TPSA) is 37.6 Å². The molecule has 1 aliphatic rings. The zero-order chi connectivity index (χ0) is 13.9. The molecule has 0 aromatic carbocycles. The van der Waals surface area contributed by atoms with Crippen LogP contribution in [-0.4, -0.2) is 36.2 Å². The van der Waals surface area contributed by atoms with Gasteiger partial charge in [0.05, 0.1) is 24.5 Å². The average Bonchev–Trinajstić information content (AvgIpc) is 2.71. The van der Waals surface area contributed by atoms with E-state index in [1.165, 1.54) is 5.56 Å². The molecule has 1 atom stereocenters. The van der Waals surface area contributed by atoms with Crippen molar-refractivity contribution >= 4 is 0 Å². The number of nitrogens with one attached hydrogen (secondary N) is 1. The number of hydrogen-bond donors (Lipinski definition) is 1. The maximum atomic E-state index is 5.92. The smallest absolute Gasteiger partial charge is 0.118 e. The van der Waals surface area contributed by atoms with E-state index in [2.05, 4.69) is 44.0 Å². The van der Waals surface area contributed by atoms with Crippen molar-refractivity contribution in [3.05, 3.63) is 23.7 Å². The molecule has 0 saturated carbocycles. The van der Waals surface area contributed by atoms with Gasteiger partial charge in [0.25, 0.3) is 0 Å². The fraction of sp³-hybridized carbons (Fsp3) is 0.733. The van der Waals surface area contributed by atoms with Crippen LogP contribution in [0.3, 0.4) is 0 Å². The molecular formula is C15H26N2O2. The molecule has 4 heteroatoms. The number of furan rings is 1. The fourth-order valence-electron chi connectivity index (χ4n) is 2.80. The lowest BCUT2D eigenvalue weighted by molar-refractivity contribution is -0.131. The summed E-state index contributed by atoms with van der Waals surface area (Å²) in [6.45, 7) is 13.2. The van der Waals surface area contributed by atoms with Crippen molar-refractivity contribution in [1.82, 2.24) is 10.2 Å². The molecule has 0 radical (unpaired) electrons. The molecule has 0 bridgehead atoms. The normalized spacial score (nSPS) is 23.7. The van der Waals surface area contributed by atoms with Gasteiger partial charge in [0.15, 0.2) is 0 Å². The Morgan fingerprint density at radius 1 is 1.47 bits per heavy atom. The minimum atomic E-state index is -0.0726. The SMILES string of the molecule is CCNCc1coc(CN2CC(C)OC(C)(C)C2)c1. The first-order chi connectivity index (χ1) is 8.98. The second kappa shape index (κ2) is 6.07. The van der Waals surface area contributed by atoms with Crippen LogP contribution in [0.25, 0.3) is 0 Å². The minimum Gasteiger partial charge on any atom is -0.468 e. The zero-order valence-corrected chi connectivity index (χ0v) is 12.5. The molecule has 2 heterocycles. The van der Waals surface area contributed by atoms with E-state index in [0.717, 1.165) is 38.5 Å². The van der Waals surface area contributed by atoms with Gasteiger partial charge in [-0.3, -0.25) is 4.90 Å². The monoisotopic (exact) mass is 266 g/mol. The molecule has 1 aromatic heterocycles. The molecule has 0 spiro atoms. The third-order valence-electron chi connectivity index (χ3n) is 3.31. The van der Waals surface area contributed by atoms with Gasteiger partial charge in [-0.15, -0.1) is 0 Å². The van der Waals surface area contributed by atoms with Gasteiger partial charge in [-0.25, -0.2) is 0 Å². The summed E-state index contributed by atoms with van der Waals surface area (Å²) in [5.74, 6) is 1.04. The Morgan fingerprint density at radius 2 is 2.26 bits per heavy atom. The number of nitrogens with zero attached hydrogens (tertiary/aromatic N) is 1. The standard InChI is InChI=1S/C15H26N2O2/c1-5-16-7-13-6-14(18-10-13)9-17-8-12(2)19-15(3,4)11-17/h6,10,12,16H,5,7-9,11H2,1-4H3. The summed E-state index contributed by atoms with van der Waals surface area (Å²) in [5, 5.41) is 3.31. The van der Waals surface area contributed by atoms with Crippen LogP contribution in [0.1, 0.15) is 39.0 Å². The summed E-state index contributed by atoms with van der Waals surface area (Å²) >= 11 is 0. The van der Waals surface area contributed by atoms with E-state index < -0.39 is 0 Å². The third-order valence-corrected chi connectivity index (χ3v) is 3.31.